The van der Waals surface area contributed by atoms with Gasteiger partial charge < -0.3 is 4.74 Å². The van der Waals surface area contributed by atoms with E-state index in [1.807, 2.05) is 24.3 Å². The van der Waals surface area contributed by atoms with Crippen LogP contribution in [0, 0.1) is 6.92 Å². The summed E-state index contributed by atoms with van der Waals surface area (Å²) in [5.41, 5.74) is 1.09. The number of alkyl halides is 1. The molecule has 0 fully saturated rings. The lowest BCUT2D eigenvalue weighted by Crippen LogP contribution is -1.88. The highest BCUT2D eigenvalue weighted by atomic mass is 35.5. The molecule has 0 saturated carbocycles. The summed E-state index contributed by atoms with van der Waals surface area (Å²) in [5, 5.41) is 0.0101. The van der Waals surface area contributed by atoms with Crippen LogP contribution in [0.25, 0.3) is 0 Å². The third-order valence-corrected chi connectivity index (χ3v) is 2.20. The van der Waals surface area contributed by atoms with Crippen LogP contribution < -0.4 is 4.74 Å². The molecule has 0 aliphatic rings. The van der Waals surface area contributed by atoms with Crippen molar-refractivity contribution in [2.45, 2.75) is 11.8 Å². The van der Waals surface area contributed by atoms with Crippen LogP contribution >= 0.6 is 11.6 Å². The fourth-order valence-corrected chi connectivity index (χ4v) is 1.12. The Hall–Kier alpha value is -0.690. The fraction of sp³-hybridized carbons (Fsp3) is 0.300. The van der Waals surface area contributed by atoms with Crippen molar-refractivity contribution >= 4 is 11.6 Å². The Morgan fingerprint density at radius 2 is 2.00 bits per heavy atom. The van der Waals surface area contributed by atoms with E-state index in [1.165, 1.54) is 0 Å². The van der Waals surface area contributed by atoms with E-state index in [4.69, 9.17) is 16.3 Å². The normalized spacial score (nSPS) is 12.6. The first kappa shape index (κ1) is 9.40. The van der Waals surface area contributed by atoms with Crippen LogP contribution in [-0.4, -0.2) is 7.11 Å². The molecular weight excluding hydrogens is 172 g/mol. The van der Waals surface area contributed by atoms with E-state index >= 15 is 0 Å². The maximum absolute atomic E-state index is 5.98. The molecule has 1 radical (unpaired) electrons. The van der Waals surface area contributed by atoms with Gasteiger partial charge >= 0.3 is 0 Å². The summed E-state index contributed by atoms with van der Waals surface area (Å²) in [6.45, 7) is 3.74. The lowest BCUT2D eigenvalue weighted by atomic mass is 10.1. The molecule has 0 aliphatic heterocycles. The average Bonchev–Trinajstić information content (AvgIpc) is 2.17. The van der Waals surface area contributed by atoms with Crippen LogP contribution in [0.2, 0.25) is 0 Å². The Balaban J connectivity index is 2.77. The zero-order chi connectivity index (χ0) is 8.97. The number of benzene rings is 1. The minimum atomic E-state index is 0.0101. The van der Waals surface area contributed by atoms with Gasteiger partial charge in [0.1, 0.15) is 5.75 Å². The van der Waals surface area contributed by atoms with Crippen LogP contribution in [0.3, 0.4) is 0 Å². The van der Waals surface area contributed by atoms with Crippen molar-refractivity contribution in [3.63, 3.8) is 0 Å². The summed E-state index contributed by atoms with van der Waals surface area (Å²) in [5.74, 6) is 0.853. The van der Waals surface area contributed by atoms with Crippen molar-refractivity contribution in [1.29, 1.82) is 0 Å². The van der Waals surface area contributed by atoms with Crippen molar-refractivity contribution in [2.75, 3.05) is 7.11 Å². The molecule has 0 N–H and O–H groups in total. The van der Waals surface area contributed by atoms with Gasteiger partial charge in [-0.1, -0.05) is 19.1 Å². The minimum Gasteiger partial charge on any atom is -0.497 e. The summed E-state index contributed by atoms with van der Waals surface area (Å²) >= 11 is 5.98. The first-order valence-corrected chi connectivity index (χ1v) is 4.29. The van der Waals surface area contributed by atoms with Crippen molar-refractivity contribution in [3.05, 3.63) is 36.8 Å². The van der Waals surface area contributed by atoms with Crippen LogP contribution in [0.4, 0.5) is 0 Å². The Labute approximate surface area is 78.3 Å². The molecule has 0 bridgehead atoms. The lowest BCUT2D eigenvalue weighted by Gasteiger charge is -2.06. The molecule has 0 aromatic heterocycles. The molecule has 0 spiro atoms. The van der Waals surface area contributed by atoms with Crippen molar-refractivity contribution < 1.29 is 4.74 Å². The second-order valence-corrected chi connectivity index (χ2v) is 3.06. The Morgan fingerprint density at radius 1 is 1.42 bits per heavy atom. The summed E-state index contributed by atoms with van der Waals surface area (Å²) in [6, 6.07) is 7.73. The second kappa shape index (κ2) is 4.36. The molecule has 0 aliphatic carbocycles. The zero-order valence-electron chi connectivity index (χ0n) is 7.09. The molecule has 0 saturated heterocycles. The van der Waals surface area contributed by atoms with Gasteiger partial charge in [-0.05, 0) is 24.1 Å². The van der Waals surface area contributed by atoms with E-state index in [2.05, 4.69) is 6.92 Å². The molecule has 1 aromatic rings. The largest absolute Gasteiger partial charge is 0.497 e. The lowest BCUT2D eigenvalue weighted by molar-refractivity contribution is 0.414. The van der Waals surface area contributed by atoms with E-state index in [0.717, 1.165) is 11.3 Å². The summed E-state index contributed by atoms with van der Waals surface area (Å²) in [4.78, 5) is 0. The summed E-state index contributed by atoms with van der Waals surface area (Å²) in [7, 11) is 1.65. The summed E-state index contributed by atoms with van der Waals surface area (Å²) in [6.07, 6.45) is 0.702. The van der Waals surface area contributed by atoms with Crippen molar-refractivity contribution in [2.24, 2.45) is 0 Å². The molecule has 0 amide bonds. The highest BCUT2D eigenvalue weighted by Gasteiger charge is 2.03. The van der Waals surface area contributed by atoms with E-state index in [9.17, 15) is 0 Å². The van der Waals surface area contributed by atoms with Crippen molar-refractivity contribution in [3.8, 4) is 5.75 Å². The maximum atomic E-state index is 5.98. The molecule has 0 heterocycles. The number of rotatable bonds is 3. The smallest absolute Gasteiger partial charge is 0.118 e. The Bertz CT molecular complexity index is 230. The molecule has 1 aromatic carbocycles. The topological polar surface area (TPSA) is 9.23 Å². The number of hydrogen-bond donors (Lipinski definition) is 0. The molecule has 1 unspecified atom stereocenters. The van der Waals surface area contributed by atoms with Crippen LogP contribution in [0.5, 0.6) is 5.75 Å². The van der Waals surface area contributed by atoms with Gasteiger partial charge in [0.15, 0.2) is 0 Å². The fourth-order valence-electron chi connectivity index (χ4n) is 0.979. The van der Waals surface area contributed by atoms with Gasteiger partial charge in [0.05, 0.1) is 12.5 Å². The molecule has 1 rings (SSSR count). The number of hydrogen-bond acceptors (Lipinski definition) is 1. The van der Waals surface area contributed by atoms with Crippen LogP contribution in [0.1, 0.15) is 17.4 Å². The van der Waals surface area contributed by atoms with Gasteiger partial charge in [-0.2, -0.15) is 0 Å². The minimum absolute atomic E-state index is 0.0101. The Kier molecular flexibility index (Phi) is 3.42. The number of ether oxygens (including phenoxy) is 1. The zero-order valence-corrected chi connectivity index (χ0v) is 7.84. The maximum Gasteiger partial charge on any atom is 0.118 e. The molecular formula is C10H12ClO. The van der Waals surface area contributed by atoms with E-state index in [-0.39, 0.29) is 5.38 Å². The molecule has 65 valence electrons. The molecule has 1 nitrogen and oxygen atoms in total. The molecule has 1 atom stereocenters. The number of methoxy groups -OCH3 is 1. The van der Waals surface area contributed by atoms with Gasteiger partial charge in [0.25, 0.3) is 0 Å². The SMILES string of the molecule is [CH2]CC(Cl)c1ccc(OC)cc1. The summed E-state index contributed by atoms with van der Waals surface area (Å²) < 4.78 is 5.02. The van der Waals surface area contributed by atoms with Gasteiger partial charge in [0.2, 0.25) is 0 Å². The highest BCUT2D eigenvalue weighted by molar-refractivity contribution is 6.20. The molecule has 12 heavy (non-hydrogen) atoms. The van der Waals surface area contributed by atoms with Gasteiger partial charge in [-0.3, -0.25) is 0 Å². The van der Waals surface area contributed by atoms with Gasteiger partial charge in [-0.25, -0.2) is 0 Å². The first-order valence-electron chi connectivity index (χ1n) is 3.85. The quantitative estimate of drug-likeness (QED) is 0.654. The van der Waals surface area contributed by atoms with Crippen LogP contribution in [0.15, 0.2) is 24.3 Å². The Morgan fingerprint density at radius 3 is 2.42 bits per heavy atom. The van der Waals surface area contributed by atoms with E-state index in [0.29, 0.717) is 6.42 Å². The van der Waals surface area contributed by atoms with Crippen molar-refractivity contribution in [1.82, 2.24) is 0 Å². The van der Waals surface area contributed by atoms with Crippen LogP contribution in [-0.2, 0) is 0 Å². The highest BCUT2D eigenvalue weighted by Crippen LogP contribution is 2.24. The van der Waals surface area contributed by atoms with Gasteiger partial charge in [-0.15, -0.1) is 11.6 Å². The second-order valence-electron chi connectivity index (χ2n) is 2.53. The number of halogens is 1. The average molecular weight is 184 g/mol. The standard InChI is InChI=1S/C10H12ClO/c1-3-10(11)8-4-6-9(12-2)7-5-8/h4-7,10H,1,3H2,2H3. The third-order valence-electron chi connectivity index (χ3n) is 1.73. The predicted molar refractivity (Wildman–Crippen MR) is 51.6 cm³/mol. The van der Waals surface area contributed by atoms with Gasteiger partial charge in [0, 0.05) is 0 Å². The monoisotopic (exact) mass is 183 g/mol. The third kappa shape index (κ3) is 2.15. The van der Waals surface area contributed by atoms with E-state index < -0.39 is 0 Å². The van der Waals surface area contributed by atoms with E-state index in [1.54, 1.807) is 7.11 Å². The predicted octanol–water partition coefficient (Wildman–Crippen LogP) is 3.20. The first-order chi connectivity index (χ1) is 5.77. The molecule has 2 heteroatoms.